The normalized spacial score (nSPS) is 11.9. The molecule has 0 fully saturated rings. The quantitative estimate of drug-likeness (QED) is 0.709. The summed E-state index contributed by atoms with van der Waals surface area (Å²) in [6.45, 7) is 0.540. The van der Waals surface area contributed by atoms with Crippen molar-refractivity contribution in [1.82, 2.24) is 0 Å². The van der Waals surface area contributed by atoms with E-state index in [9.17, 15) is 9.59 Å². The molecule has 0 aliphatic carbocycles. The highest BCUT2D eigenvalue weighted by Gasteiger charge is 2.30. The number of hydrogen-bond acceptors (Lipinski definition) is 8. The van der Waals surface area contributed by atoms with Crippen molar-refractivity contribution in [2.24, 2.45) is 0 Å². The van der Waals surface area contributed by atoms with Crippen LogP contribution in [-0.2, 0) is 9.59 Å². The van der Waals surface area contributed by atoms with Crippen LogP contribution in [0.2, 0.25) is 0 Å². The highest BCUT2D eigenvalue weighted by molar-refractivity contribution is 8.24. The Morgan fingerprint density at radius 1 is 1.08 bits per heavy atom. The number of nitrogens with zero attached hydrogens (tertiary/aromatic N) is 2. The van der Waals surface area contributed by atoms with Gasteiger partial charge in [0, 0.05) is 0 Å². The van der Waals surface area contributed by atoms with Gasteiger partial charge in [-0.15, -0.1) is 0 Å². The third-order valence-corrected chi connectivity index (χ3v) is 5.46. The van der Waals surface area contributed by atoms with E-state index >= 15 is 0 Å². The van der Waals surface area contributed by atoms with Gasteiger partial charge in [0.1, 0.15) is 29.2 Å². The number of carbonyl (C=O) groups is 2. The maximum Gasteiger partial charge on any atom is 0.341 e. The molecule has 25 heavy (non-hydrogen) atoms. The molecule has 0 bridgehead atoms. The first-order valence-electron chi connectivity index (χ1n) is 6.64. The van der Waals surface area contributed by atoms with E-state index in [1.165, 1.54) is 6.07 Å². The van der Waals surface area contributed by atoms with Gasteiger partial charge in [0.15, 0.2) is 13.2 Å². The molecule has 0 aromatic heterocycles. The predicted octanol–water partition coefficient (Wildman–Crippen LogP) is 2.38. The molecule has 0 amide bonds. The van der Waals surface area contributed by atoms with Gasteiger partial charge in [-0.3, -0.25) is 0 Å². The standard InChI is InChI=1S/C15H10N2O6S2/c1-7-2-9(22-5-10(18)19)13-14(12(7)23-6-11(20)21)25-15(24-13)8(3-16)4-17/h2H,5-6H2,1H3,(H,18,19)(H,20,21). The SMILES string of the molecule is Cc1cc(OCC(=O)O)c2c(c1OCC(=O)O)SC(=C(C#N)C#N)S2. The van der Waals surface area contributed by atoms with Gasteiger partial charge < -0.3 is 19.7 Å². The molecule has 128 valence electrons. The molecule has 1 aliphatic rings. The van der Waals surface area contributed by atoms with E-state index in [1.807, 2.05) is 0 Å². The van der Waals surface area contributed by atoms with E-state index in [-0.39, 0.29) is 11.3 Å². The molecule has 10 heteroatoms. The van der Waals surface area contributed by atoms with Crippen molar-refractivity contribution in [1.29, 1.82) is 10.5 Å². The van der Waals surface area contributed by atoms with E-state index in [1.54, 1.807) is 19.1 Å². The van der Waals surface area contributed by atoms with E-state index in [0.717, 1.165) is 23.5 Å². The third kappa shape index (κ3) is 4.18. The second-order valence-electron chi connectivity index (χ2n) is 4.63. The van der Waals surface area contributed by atoms with Gasteiger partial charge >= 0.3 is 11.9 Å². The van der Waals surface area contributed by atoms with Crippen LogP contribution >= 0.6 is 23.5 Å². The van der Waals surface area contributed by atoms with Gasteiger partial charge in [-0.25, -0.2) is 9.59 Å². The molecule has 8 nitrogen and oxygen atoms in total. The first-order valence-corrected chi connectivity index (χ1v) is 8.27. The summed E-state index contributed by atoms with van der Waals surface area (Å²) in [6.07, 6.45) is 0. The van der Waals surface area contributed by atoms with Crippen LogP contribution in [-0.4, -0.2) is 35.4 Å². The summed E-state index contributed by atoms with van der Waals surface area (Å²) >= 11 is 2.17. The molecule has 0 atom stereocenters. The first-order chi connectivity index (χ1) is 11.9. The fraction of sp³-hybridized carbons (Fsp3) is 0.200. The van der Waals surface area contributed by atoms with Gasteiger partial charge in [0.05, 0.1) is 14.0 Å². The van der Waals surface area contributed by atoms with Crippen LogP contribution in [0.5, 0.6) is 11.5 Å². The molecule has 2 N–H and O–H groups in total. The van der Waals surface area contributed by atoms with Gasteiger partial charge in [0.2, 0.25) is 0 Å². The minimum absolute atomic E-state index is 0.0998. The highest BCUT2D eigenvalue weighted by atomic mass is 32.2. The maximum absolute atomic E-state index is 10.8. The van der Waals surface area contributed by atoms with E-state index < -0.39 is 25.2 Å². The first kappa shape index (κ1) is 18.5. The number of aryl methyl sites for hydroxylation is 1. The van der Waals surface area contributed by atoms with Gasteiger partial charge in [0.25, 0.3) is 0 Å². The van der Waals surface area contributed by atoms with Crippen LogP contribution in [0, 0.1) is 29.6 Å². The lowest BCUT2D eigenvalue weighted by atomic mass is 10.2. The Balaban J connectivity index is 2.52. The summed E-state index contributed by atoms with van der Waals surface area (Å²) in [5.41, 5.74) is 0.447. The number of nitriles is 2. The highest BCUT2D eigenvalue weighted by Crippen LogP contribution is 2.59. The average molecular weight is 378 g/mol. The van der Waals surface area contributed by atoms with Crippen LogP contribution in [0.15, 0.2) is 25.7 Å². The van der Waals surface area contributed by atoms with Crippen LogP contribution in [0.1, 0.15) is 5.56 Å². The molecule has 0 saturated heterocycles. The van der Waals surface area contributed by atoms with Crippen LogP contribution in [0.3, 0.4) is 0 Å². The molecule has 0 unspecified atom stereocenters. The molecule has 1 aromatic carbocycles. The number of benzene rings is 1. The van der Waals surface area contributed by atoms with Crippen molar-refractivity contribution in [2.45, 2.75) is 16.7 Å². The Morgan fingerprint density at radius 3 is 2.20 bits per heavy atom. The van der Waals surface area contributed by atoms with Crippen molar-refractivity contribution in [3.05, 3.63) is 21.4 Å². The minimum atomic E-state index is -1.15. The van der Waals surface area contributed by atoms with E-state index in [0.29, 0.717) is 25.3 Å². The van der Waals surface area contributed by atoms with Crippen molar-refractivity contribution in [3.63, 3.8) is 0 Å². The third-order valence-electron chi connectivity index (χ3n) is 2.85. The summed E-state index contributed by atoms with van der Waals surface area (Å²) < 4.78 is 11.0. The Bertz CT molecular complexity index is 850. The number of fused-ring (bicyclic) bond motifs is 1. The monoisotopic (exact) mass is 378 g/mol. The maximum atomic E-state index is 10.8. The largest absolute Gasteiger partial charge is 0.481 e. The van der Waals surface area contributed by atoms with Crippen LogP contribution in [0.4, 0.5) is 0 Å². The summed E-state index contributed by atoms with van der Waals surface area (Å²) in [5, 5.41) is 35.7. The Morgan fingerprint density at radius 2 is 1.64 bits per heavy atom. The second-order valence-corrected chi connectivity index (χ2v) is 6.93. The number of carboxylic acids is 2. The number of hydrogen-bond donors (Lipinski definition) is 2. The number of ether oxygens (including phenoxy) is 2. The van der Waals surface area contributed by atoms with Crippen LogP contribution in [0.25, 0.3) is 0 Å². The molecule has 0 radical (unpaired) electrons. The second kappa shape index (κ2) is 7.83. The fourth-order valence-electron chi connectivity index (χ4n) is 1.90. The molecular weight excluding hydrogens is 368 g/mol. The zero-order chi connectivity index (χ0) is 18.6. The molecular formula is C15H10N2O6S2. The Labute approximate surface area is 150 Å². The lowest BCUT2D eigenvalue weighted by molar-refractivity contribution is -0.140. The zero-order valence-corrected chi connectivity index (χ0v) is 14.4. The molecule has 2 rings (SSSR count). The molecule has 1 aromatic rings. The number of aliphatic carboxylic acids is 2. The summed E-state index contributed by atoms with van der Waals surface area (Å²) in [6, 6.07) is 5.11. The molecule has 0 saturated carbocycles. The van der Waals surface area contributed by atoms with Crippen molar-refractivity contribution in [3.8, 4) is 23.6 Å². The van der Waals surface area contributed by atoms with Crippen molar-refractivity contribution >= 4 is 35.5 Å². The summed E-state index contributed by atoms with van der Waals surface area (Å²) in [7, 11) is 0. The Hall–Kier alpha value is -2.82. The molecule has 0 spiro atoms. The van der Waals surface area contributed by atoms with Crippen LogP contribution < -0.4 is 9.47 Å². The fourth-order valence-corrected chi connectivity index (χ4v) is 4.48. The Kier molecular flexibility index (Phi) is 5.80. The van der Waals surface area contributed by atoms with E-state index in [2.05, 4.69) is 0 Å². The minimum Gasteiger partial charge on any atom is -0.481 e. The number of thioether (sulfide) groups is 2. The lowest BCUT2D eigenvalue weighted by Crippen LogP contribution is -2.12. The van der Waals surface area contributed by atoms with Gasteiger partial charge in [-0.2, -0.15) is 10.5 Å². The number of allylic oxidation sites excluding steroid dienone is 1. The summed E-state index contributed by atoms with van der Waals surface area (Å²) in [4.78, 5) is 22.5. The van der Waals surface area contributed by atoms with Gasteiger partial charge in [-0.1, -0.05) is 23.5 Å². The van der Waals surface area contributed by atoms with E-state index in [4.69, 9.17) is 30.2 Å². The topological polar surface area (TPSA) is 141 Å². The van der Waals surface area contributed by atoms with Crippen molar-refractivity contribution in [2.75, 3.05) is 13.2 Å². The number of rotatable bonds is 6. The zero-order valence-electron chi connectivity index (χ0n) is 12.7. The molecule has 1 aliphatic heterocycles. The summed E-state index contributed by atoms with van der Waals surface area (Å²) in [5.74, 6) is -1.75. The lowest BCUT2D eigenvalue weighted by Gasteiger charge is -2.14. The smallest absolute Gasteiger partial charge is 0.341 e. The molecule has 1 heterocycles. The average Bonchev–Trinajstić information content (AvgIpc) is 2.97. The number of carboxylic acid groups (broad SMARTS) is 2. The van der Waals surface area contributed by atoms with Gasteiger partial charge in [-0.05, 0) is 18.6 Å². The predicted molar refractivity (Wildman–Crippen MR) is 87.4 cm³/mol. The van der Waals surface area contributed by atoms with Crippen molar-refractivity contribution < 1.29 is 29.3 Å².